The number of allylic oxidation sites excluding steroid dienone is 2. The molecule has 6 fully saturated rings. The summed E-state index contributed by atoms with van der Waals surface area (Å²) in [5, 5.41) is 19.0. The van der Waals surface area contributed by atoms with Gasteiger partial charge in [0, 0.05) is 96.1 Å². The molecule has 2 aliphatic carbocycles. The van der Waals surface area contributed by atoms with Gasteiger partial charge in [0.2, 0.25) is 0 Å². The molecule has 0 aromatic heterocycles. The van der Waals surface area contributed by atoms with Crippen LogP contribution in [0.1, 0.15) is 43.7 Å². The van der Waals surface area contributed by atoms with Gasteiger partial charge in [-0.3, -0.25) is 4.90 Å². The maximum Gasteiger partial charge on any atom is 0.0596 e. The number of hydrogen-bond acceptors (Lipinski definition) is 6. The molecular weight excluding hydrogens is 544 g/mol. The van der Waals surface area contributed by atoms with Gasteiger partial charge in [0.25, 0.3) is 0 Å². The van der Waals surface area contributed by atoms with E-state index in [4.69, 9.17) is 4.74 Å². The number of anilines is 2. The van der Waals surface area contributed by atoms with Gasteiger partial charge in [-0.15, -0.1) is 0 Å². The largest absolute Gasteiger partial charge is 0.396 e. The first kappa shape index (κ1) is 25.4. The summed E-state index contributed by atoms with van der Waals surface area (Å²) in [5.74, 6) is 2.38. The van der Waals surface area contributed by atoms with Crippen molar-refractivity contribution in [2.45, 2.75) is 79.8 Å². The molecule has 9 aliphatic rings. The van der Waals surface area contributed by atoms with E-state index in [1.807, 2.05) is 0 Å². The van der Waals surface area contributed by atoms with Crippen molar-refractivity contribution >= 4 is 11.4 Å². The lowest BCUT2D eigenvalue weighted by Gasteiger charge is -2.62. The fraction of sp³-hybridized carbons (Fsp3) is 0.579. The number of aliphatic hydroxyl groups excluding tert-OH is 1. The highest BCUT2D eigenvalue weighted by Crippen LogP contribution is 2.65. The fourth-order valence-corrected chi connectivity index (χ4v) is 13.3. The molecule has 6 nitrogen and oxygen atoms in total. The molecule has 44 heavy (non-hydrogen) atoms. The van der Waals surface area contributed by atoms with Crippen molar-refractivity contribution in [3.05, 3.63) is 83.6 Å². The maximum atomic E-state index is 11.0. The number of rotatable bonds is 3. The number of benzene rings is 2. The highest BCUT2D eigenvalue weighted by molar-refractivity contribution is 5.66. The summed E-state index contributed by atoms with van der Waals surface area (Å²) >= 11 is 0. The van der Waals surface area contributed by atoms with E-state index >= 15 is 0 Å². The number of para-hydroxylation sites is 2. The molecule has 3 N–H and O–H groups in total. The number of piperidine rings is 1. The normalized spacial score (nSPS) is 48.3. The fourth-order valence-electron chi connectivity index (χ4n) is 13.3. The van der Waals surface area contributed by atoms with Crippen LogP contribution in [0.3, 0.4) is 0 Å². The number of nitrogens with one attached hydrogen (secondary N) is 2. The third-order valence-corrected chi connectivity index (χ3v) is 14.8. The zero-order chi connectivity index (χ0) is 28.9. The molecule has 2 aromatic rings. The average Bonchev–Trinajstić information content (AvgIpc) is 3.81. The van der Waals surface area contributed by atoms with Crippen LogP contribution in [0.25, 0.3) is 0 Å². The first-order chi connectivity index (χ1) is 21.6. The Kier molecular flexibility index (Phi) is 4.91. The van der Waals surface area contributed by atoms with Crippen LogP contribution in [0.15, 0.2) is 72.5 Å². The lowest BCUT2D eigenvalue weighted by molar-refractivity contribution is -0.162. The Balaban J connectivity index is 0.980. The third kappa shape index (κ3) is 2.79. The second-order valence-corrected chi connectivity index (χ2v) is 15.8. The SMILES string of the molecule is CC1OCC2C3CC4N(CCC45c4ccccc4NC25)C(C=CC2=CN4CCC56c7ccccc7NC5C(CO)C2CC46)C13. The van der Waals surface area contributed by atoms with Crippen LogP contribution in [0, 0.1) is 29.6 Å². The van der Waals surface area contributed by atoms with Gasteiger partial charge in [-0.25, -0.2) is 0 Å². The van der Waals surface area contributed by atoms with E-state index in [0.29, 0.717) is 53.9 Å². The molecule has 2 aromatic carbocycles. The van der Waals surface area contributed by atoms with Crippen LogP contribution in [0.2, 0.25) is 0 Å². The van der Waals surface area contributed by atoms with Crippen molar-refractivity contribution in [1.82, 2.24) is 9.80 Å². The smallest absolute Gasteiger partial charge is 0.0596 e. The van der Waals surface area contributed by atoms with Gasteiger partial charge in [0.1, 0.15) is 0 Å². The average molecular weight is 589 g/mol. The van der Waals surface area contributed by atoms with Crippen molar-refractivity contribution < 1.29 is 9.84 Å². The Labute approximate surface area is 260 Å². The summed E-state index contributed by atoms with van der Waals surface area (Å²) in [6.45, 7) is 5.74. The Morgan fingerprint density at radius 3 is 2.43 bits per heavy atom. The Morgan fingerprint density at radius 1 is 0.909 bits per heavy atom. The molecule has 4 saturated heterocycles. The number of aliphatic hydroxyl groups is 1. The molecule has 0 amide bonds. The van der Waals surface area contributed by atoms with Crippen molar-refractivity contribution in [2.75, 3.05) is 36.9 Å². The number of hydrogen-bond donors (Lipinski definition) is 3. The second kappa shape index (κ2) is 8.51. The second-order valence-electron chi connectivity index (χ2n) is 15.8. The molecule has 228 valence electrons. The lowest BCUT2D eigenvalue weighted by atomic mass is 9.52. The monoisotopic (exact) mass is 588 g/mol. The van der Waals surface area contributed by atoms with Gasteiger partial charge in [-0.05, 0) is 73.3 Å². The lowest BCUT2D eigenvalue weighted by Crippen LogP contribution is -2.69. The highest BCUT2D eigenvalue weighted by Gasteiger charge is 2.69. The summed E-state index contributed by atoms with van der Waals surface area (Å²) in [5.41, 5.74) is 7.46. The van der Waals surface area contributed by atoms with E-state index in [2.05, 4.69) is 94.2 Å². The molecular formula is C38H44N4O2. The summed E-state index contributed by atoms with van der Waals surface area (Å²) in [4.78, 5) is 5.58. The molecule has 4 bridgehead atoms. The van der Waals surface area contributed by atoms with Crippen LogP contribution in [-0.2, 0) is 15.6 Å². The van der Waals surface area contributed by atoms with Gasteiger partial charge >= 0.3 is 0 Å². The van der Waals surface area contributed by atoms with Crippen LogP contribution in [-0.4, -0.2) is 77.5 Å². The van der Waals surface area contributed by atoms with Gasteiger partial charge in [0.05, 0.1) is 12.7 Å². The summed E-state index contributed by atoms with van der Waals surface area (Å²) in [6.07, 6.45) is 12.8. The molecule has 0 radical (unpaired) electrons. The van der Waals surface area contributed by atoms with Crippen LogP contribution in [0.4, 0.5) is 11.4 Å². The first-order valence-corrected chi connectivity index (χ1v) is 17.5. The van der Waals surface area contributed by atoms with Crippen LogP contribution in [0.5, 0.6) is 0 Å². The topological polar surface area (TPSA) is 60.0 Å². The van der Waals surface area contributed by atoms with Gasteiger partial charge in [0.15, 0.2) is 0 Å². The standard InChI is InChI=1S/C38H44N4O2/c1-21-34-24-17-33-38(28-7-3-5-9-30(28)40-36(38)26(24)20-44-21)13-15-42(33)31(34)11-10-22-18-41-14-12-37-27-6-2-4-8-29(27)39-35(37)25(19-43)23(22)16-32(37)41/h2-11,18,21,23-26,31-36,39-40,43H,12-17,19-20H2,1H3. The van der Waals surface area contributed by atoms with Gasteiger partial charge < -0.3 is 25.4 Å². The molecule has 13 atom stereocenters. The quantitative estimate of drug-likeness (QED) is 0.482. The van der Waals surface area contributed by atoms with E-state index in [-0.39, 0.29) is 29.5 Å². The summed E-state index contributed by atoms with van der Waals surface area (Å²) in [6, 6.07) is 20.4. The number of nitrogens with zero attached hydrogens (tertiary/aromatic N) is 2. The minimum atomic E-state index is 0.114. The molecule has 13 unspecified atom stereocenters. The highest BCUT2D eigenvalue weighted by atomic mass is 16.5. The van der Waals surface area contributed by atoms with E-state index in [0.717, 1.165) is 26.1 Å². The molecule has 7 heterocycles. The molecule has 2 spiro atoms. The van der Waals surface area contributed by atoms with Crippen molar-refractivity contribution in [1.29, 1.82) is 0 Å². The van der Waals surface area contributed by atoms with E-state index in [1.54, 1.807) is 5.56 Å². The van der Waals surface area contributed by atoms with Crippen molar-refractivity contribution in [3.8, 4) is 0 Å². The van der Waals surface area contributed by atoms with Crippen molar-refractivity contribution in [2.24, 2.45) is 29.6 Å². The van der Waals surface area contributed by atoms with E-state index < -0.39 is 0 Å². The molecule has 11 rings (SSSR count). The molecule has 6 heteroatoms. The van der Waals surface area contributed by atoms with Crippen LogP contribution >= 0.6 is 0 Å². The Bertz CT molecular complexity index is 1620. The molecule has 7 aliphatic heterocycles. The summed E-state index contributed by atoms with van der Waals surface area (Å²) in [7, 11) is 0. The molecule has 2 saturated carbocycles. The minimum absolute atomic E-state index is 0.114. The number of ether oxygens (including phenoxy) is 1. The minimum Gasteiger partial charge on any atom is -0.396 e. The number of fused-ring (bicyclic) bond motifs is 4. The summed E-state index contributed by atoms with van der Waals surface area (Å²) < 4.78 is 6.68. The third-order valence-electron chi connectivity index (χ3n) is 14.8. The van der Waals surface area contributed by atoms with E-state index in [9.17, 15) is 5.11 Å². The maximum absolute atomic E-state index is 11.0. The van der Waals surface area contributed by atoms with Crippen molar-refractivity contribution in [3.63, 3.8) is 0 Å². The van der Waals surface area contributed by atoms with Gasteiger partial charge in [-0.2, -0.15) is 0 Å². The Hall–Kier alpha value is -2.80. The predicted molar refractivity (Wildman–Crippen MR) is 171 cm³/mol. The van der Waals surface area contributed by atoms with E-state index in [1.165, 1.54) is 41.8 Å². The van der Waals surface area contributed by atoms with Gasteiger partial charge in [-0.1, -0.05) is 48.6 Å². The zero-order valence-corrected chi connectivity index (χ0v) is 25.6. The first-order valence-electron chi connectivity index (χ1n) is 17.5. The zero-order valence-electron chi connectivity index (χ0n) is 25.6. The predicted octanol–water partition coefficient (Wildman–Crippen LogP) is 4.73. The van der Waals surface area contributed by atoms with Crippen LogP contribution < -0.4 is 10.6 Å². The Morgan fingerprint density at radius 2 is 1.64 bits per heavy atom.